The van der Waals surface area contributed by atoms with E-state index in [-0.39, 0.29) is 12.1 Å². The topological polar surface area (TPSA) is 49.4 Å². The zero-order valence-electron chi connectivity index (χ0n) is 13.2. The van der Waals surface area contributed by atoms with E-state index in [1.54, 1.807) is 10.4 Å². The predicted molar refractivity (Wildman–Crippen MR) is 85.7 cm³/mol. The highest BCUT2D eigenvalue weighted by molar-refractivity contribution is 7.89. The average molecular weight is 310 g/mol. The first-order chi connectivity index (χ1) is 10.0. The van der Waals surface area contributed by atoms with Crippen LogP contribution in [0.5, 0.6) is 0 Å². The summed E-state index contributed by atoms with van der Waals surface area (Å²) in [7, 11) is -3.36. The van der Waals surface area contributed by atoms with Crippen LogP contribution in [0.1, 0.15) is 51.6 Å². The molecule has 0 bridgehead atoms. The summed E-state index contributed by atoms with van der Waals surface area (Å²) in [5, 5.41) is 3.40. The second-order valence-electron chi connectivity index (χ2n) is 5.53. The van der Waals surface area contributed by atoms with Crippen LogP contribution in [0, 0.1) is 0 Å². The van der Waals surface area contributed by atoms with E-state index in [9.17, 15) is 8.42 Å². The van der Waals surface area contributed by atoms with Gasteiger partial charge in [0.25, 0.3) is 0 Å². The van der Waals surface area contributed by atoms with E-state index in [4.69, 9.17) is 0 Å². The van der Waals surface area contributed by atoms with Crippen molar-refractivity contribution in [3.05, 3.63) is 29.8 Å². The Hall–Kier alpha value is -0.910. The zero-order valence-corrected chi connectivity index (χ0v) is 14.0. The maximum atomic E-state index is 12.8. The summed E-state index contributed by atoms with van der Waals surface area (Å²) in [6.07, 6.45) is 2.92. The lowest BCUT2D eigenvalue weighted by Crippen LogP contribution is -2.33. The summed E-state index contributed by atoms with van der Waals surface area (Å²) >= 11 is 0. The number of sulfonamides is 1. The summed E-state index contributed by atoms with van der Waals surface area (Å²) in [4.78, 5) is 0.421. The molecule has 1 atom stereocenters. The van der Waals surface area contributed by atoms with Gasteiger partial charge in [-0.3, -0.25) is 0 Å². The van der Waals surface area contributed by atoms with Crippen molar-refractivity contribution in [3.8, 4) is 0 Å². The average Bonchev–Trinajstić information content (AvgIpc) is 3.30. The molecule has 0 aromatic heterocycles. The molecule has 1 fully saturated rings. The molecule has 1 N–H and O–H groups in total. The van der Waals surface area contributed by atoms with E-state index < -0.39 is 10.0 Å². The second-order valence-corrected chi connectivity index (χ2v) is 7.42. The molecular weight excluding hydrogens is 284 g/mol. The van der Waals surface area contributed by atoms with Gasteiger partial charge in [0.05, 0.1) is 4.90 Å². The first kappa shape index (κ1) is 16.5. The summed E-state index contributed by atoms with van der Waals surface area (Å²) in [5.41, 5.74) is 1.05. The number of hydrogen-bond acceptors (Lipinski definition) is 3. The largest absolute Gasteiger partial charge is 0.310 e. The zero-order chi connectivity index (χ0) is 15.5. The Balaban J connectivity index is 2.31. The van der Waals surface area contributed by atoms with E-state index in [2.05, 4.69) is 19.2 Å². The van der Waals surface area contributed by atoms with E-state index in [0.717, 1.165) is 31.4 Å². The van der Waals surface area contributed by atoms with Gasteiger partial charge in [-0.2, -0.15) is 4.31 Å². The molecule has 1 aromatic rings. The van der Waals surface area contributed by atoms with Crippen molar-refractivity contribution >= 4 is 10.0 Å². The van der Waals surface area contributed by atoms with Crippen LogP contribution in [0.25, 0.3) is 0 Å². The van der Waals surface area contributed by atoms with Crippen LogP contribution in [-0.4, -0.2) is 31.9 Å². The van der Waals surface area contributed by atoms with E-state index in [1.807, 2.05) is 25.1 Å². The molecule has 21 heavy (non-hydrogen) atoms. The molecule has 1 aliphatic carbocycles. The van der Waals surface area contributed by atoms with Crippen LogP contribution < -0.4 is 5.32 Å². The van der Waals surface area contributed by atoms with Gasteiger partial charge < -0.3 is 5.32 Å². The third kappa shape index (κ3) is 3.65. The monoisotopic (exact) mass is 310 g/mol. The molecule has 4 nitrogen and oxygen atoms in total. The highest BCUT2D eigenvalue weighted by atomic mass is 32.2. The highest BCUT2D eigenvalue weighted by Gasteiger charge is 2.36. The first-order valence-electron chi connectivity index (χ1n) is 7.89. The molecule has 0 spiro atoms. The molecule has 0 radical (unpaired) electrons. The molecule has 0 aliphatic heterocycles. The molecule has 1 unspecified atom stereocenters. The van der Waals surface area contributed by atoms with Gasteiger partial charge in [-0.25, -0.2) is 8.42 Å². The molecule has 1 aliphatic rings. The van der Waals surface area contributed by atoms with Crippen LogP contribution in [0.15, 0.2) is 29.2 Å². The Morgan fingerprint density at radius 2 is 2.00 bits per heavy atom. The third-order valence-electron chi connectivity index (χ3n) is 3.99. The van der Waals surface area contributed by atoms with Crippen molar-refractivity contribution in [1.82, 2.24) is 9.62 Å². The van der Waals surface area contributed by atoms with Crippen LogP contribution >= 0.6 is 0 Å². The molecule has 0 saturated heterocycles. The van der Waals surface area contributed by atoms with Crippen LogP contribution in [0.4, 0.5) is 0 Å². The van der Waals surface area contributed by atoms with Crippen LogP contribution in [0.3, 0.4) is 0 Å². The highest BCUT2D eigenvalue weighted by Crippen LogP contribution is 2.32. The van der Waals surface area contributed by atoms with Crippen molar-refractivity contribution < 1.29 is 8.42 Å². The number of benzene rings is 1. The minimum atomic E-state index is -3.36. The summed E-state index contributed by atoms with van der Waals surface area (Å²) < 4.78 is 27.2. The Morgan fingerprint density at radius 1 is 1.29 bits per heavy atom. The smallest absolute Gasteiger partial charge is 0.243 e. The van der Waals surface area contributed by atoms with Gasteiger partial charge in [-0.1, -0.05) is 32.9 Å². The van der Waals surface area contributed by atoms with Crippen molar-refractivity contribution in [2.75, 3.05) is 13.1 Å². The lowest BCUT2D eigenvalue weighted by molar-refractivity contribution is 0.420. The molecule has 0 heterocycles. The molecule has 1 saturated carbocycles. The molecule has 118 valence electrons. The van der Waals surface area contributed by atoms with Crippen molar-refractivity contribution in [1.29, 1.82) is 0 Å². The maximum Gasteiger partial charge on any atom is 0.243 e. The summed E-state index contributed by atoms with van der Waals surface area (Å²) in [5.74, 6) is 0. The molecule has 5 heteroatoms. The second kappa shape index (κ2) is 6.90. The standard InChI is InChI=1S/C16H26N2O2S/c1-4-16(17-5-2)13-8-7-9-15(12-13)21(19,20)18(6-3)14-10-11-14/h7-9,12,14,16-17H,4-6,10-11H2,1-3H3. The van der Waals surface area contributed by atoms with E-state index in [0.29, 0.717) is 11.4 Å². The third-order valence-corrected chi connectivity index (χ3v) is 6.02. The fraction of sp³-hybridized carbons (Fsp3) is 0.625. The minimum Gasteiger partial charge on any atom is -0.310 e. The van der Waals surface area contributed by atoms with Gasteiger partial charge in [0.2, 0.25) is 10.0 Å². The van der Waals surface area contributed by atoms with Crippen LogP contribution in [0.2, 0.25) is 0 Å². The molecular formula is C16H26N2O2S. The molecule has 1 aromatic carbocycles. The normalized spacial score (nSPS) is 17.1. The van der Waals surface area contributed by atoms with E-state index in [1.165, 1.54) is 0 Å². The Morgan fingerprint density at radius 3 is 2.52 bits per heavy atom. The Labute approximate surface area is 128 Å². The molecule has 0 amide bonds. The van der Waals surface area contributed by atoms with Crippen molar-refractivity contribution in [2.45, 2.75) is 57.0 Å². The Kier molecular flexibility index (Phi) is 5.41. The maximum absolute atomic E-state index is 12.8. The summed E-state index contributed by atoms with van der Waals surface area (Å²) in [6.45, 7) is 7.50. The minimum absolute atomic E-state index is 0.208. The lowest BCUT2D eigenvalue weighted by Gasteiger charge is -2.22. The van der Waals surface area contributed by atoms with Gasteiger partial charge in [0, 0.05) is 18.6 Å². The van der Waals surface area contributed by atoms with Gasteiger partial charge in [-0.05, 0) is 43.5 Å². The number of hydrogen-bond donors (Lipinski definition) is 1. The number of nitrogens with zero attached hydrogens (tertiary/aromatic N) is 1. The van der Waals surface area contributed by atoms with Gasteiger partial charge in [0.1, 0.15) is 0 Å². The van der Waals surface area contributed by atoms with Gasteiger partial charge in [-0.15, -0.1) is 0 Å². The Bertz CT molecular complexity index is 567. The number of nitrogens with one attached hydrogen (secondary N) is 1. The lowest BCUT2D eigenvalue weighted by atomic mass is 10.0. The fourth-order valence-corrected chi connectivity index (χ4v) is 4.51. The fourth-order valence-electron chi connectivity index (χ4n) is 2.76. The molecule has 2 rings (SSSR count). The van der Waals surface area contributed by atoms with Crippen molar-refractivity contribution in [3.63, 3.8) is 0 Å². The summed E-state index contributed by atoms with van der Waals surface area (Å²) in [6, 6.07) is 7.81. The van der Waals surface area contributed by atoms with Gasteiger partial charge in [0.15, 0.2) is 0 Å². The van der Waals surface area contributed by atoms with Crippen molar-refractivity contribution in [2.24, 2.45) is 0 Å². The first-order valence-corrected chi connectivity index (χ1v) is 9.33. The van der Waals surface area contributed by atoms with E-state index >= 15 is 0 Å². The predicted octanol–water partition coefficient (Wildman–Crippen LogP) is 2.92. The van der Waals surface area contributed by atoms with Gasteiger partial charge >= 0.3 is 0 Å². The SMILES string of the molecule is CCNC(CC)c1cccc(S(=O)(=O)N(CC)C2CC2)c1. The quantitative estimate of drug-likeness (QED) is 0.803. The van der Waals surface area contributed by atoms with Crippen LogP contribution in [-0.2, 0) is 10.0 Å². The number of rotatable bonds is 8.